The van der Waals surface area contributed by atoms with E-state index in [0.29, 0.717) is 11.3 Å². The van der Waals surface area contributed by atoms with Gasteiger partial charge < -0.3 is 5.11 Å². The Kier molecular flexibility index (Phi) is 3.87. The van der Waals surface area contributed by atoms with Crippen LogP contribution >= 0.6 is 0 Å². The number of carbonyl (C=O) groups is 1. The third-order valence-electron chi connectivity index (χ3n) is 2.52. The van der Waals surface area contributed by atoms with E-state index in [9.17, 15) is 9.90 Å². The molecule has 0 radical (unpaired) electrons. The summed E-state index contributed by atoms with van der Waals surface area (Å²) < 4.78 is 0. The number of benzene rings is 1. The summed E-state index contributed by atoms with van der Waals surface area (Å²) >= 11 is 0. The number of nitrogens with one attached hydrogen (secondary N) is 1. The monoisotopic (exact) mass is 255 g/mol. The highest BCUT2D eigenvalue weighted by Gasteiger charge is 2.06. The number of para-hydroxylation sites is 1. The summed E-state index contributed by atoms with van der Waals surface area (Å²) in [5.74, 6) is -0.272. The highest BCUT2D eigenvalue weighted by molar-refractivity contribution is 6.02. The first kappa shape index (κ1) is 12.8. The number of phenols is 1. The molecule has 19 heavy (non-hydrogen) atoms. The SMILES string of the molecule is C/C(=N\NC(=O)c1ccccn1)c1ccccc1O. The summed E-state index contributed by atoms with van der Waals surface area (Å²) in [7, 11) is 0. The number of hydrazone groups is 1. The number of hydrogen-bond acceptors (Lipinski definition) is 4. The molecule has 2 aromatic rings. The summed E-state index contributed by atoms with van der Waals surface area (Å²) in [6.07, 6.45) is 1.54. The predicted octanol–water partition coefficient (Wildman–Crippen LogP) is 1.94. The Morgan fingerprint density at radius 2 is 1.95 bits per heavy atom. The number of pyridine rings is 1. The topological polar surface area (TPSA) is 74.6 Å². The van der Waals surface area contributed by atoms with Crippen LogP contribution in [0.1, 0.15) is 23.0 Å². The van der Waals surface area contributed by atoms with Gasteiger partial charge in [0.2, 0.25) is 0 Å². The van der Waals surface area contributed by atoms with E-state index in [1.54, 1.807) is 49.4 Å². The molecule has 1 aromatic carbocycles. The van der Waals surface area contributed by atoms with E-state index in [0.717, 1.165) is 0 Å². The van der Waals surface area contributed by atoms with Gasteiger partial charge in [-0.25, -0.2) is 5.43 Å². The lowest BCUT2D eigenvalue weighted by atomic mass is 10.1. The van der Waals surface area contributed by atoms with Crippen molar-refractivity contribution in [3.8, 4) is 5.75 Å². The molecular weight excluding hydrogens is 242 g/mol. The van der Waals surface area contributed by atoms with Gasteiger partial charge in [-0.1, -0.05) is 18.2 Å². The Morgan fingerprint density at radius 3 is 2.63 bits per heavy atom. The summed E-state index contributed by atoms with van der Waals surface area (Å²) in [6.45, 7) is 1.70. The van der Waals surface area contributed by atoms with Gasteiger partial charge in [0, 0.05) is 11.8 Å². The van der Waals surface area contributed by atoms with Crippen molar-refractivity contribution < 1.29 is 9.90 Å². The first-order valence-electron chi connectivity index (χ1n) is 5.72. The van der Waals surface area contributed by atoms with Crippen molar-refractivity contribution in [2.45, 2.75) is 6.92 Å². The van der Waals surface area contributed by atoms with Crippen LogP contribution in [0.5, 0.6) is 5.75 Å². The lowest BCUT2D eigenvalue weighted by Crippen LogP contribution is -2.20. The Balaban J connectivity index is 2.11. The molecule has 0 atom stereocenters. The Hall–Kier alpha value is -2.69. The zero-order valence-electron chi connectivity index (χ0n) is 10.4. The lowest BCUT2D eigenvalue weighted by molar-refractivity contribution is 0.0950. The highest BCUT2D eigenvalue weighted by atomic mass is 16.3. The van der Waals surface area contributed by atoms with Crippen molar-refractivity contribution >= 4 is 11.6 Å². The van der Waals surface area contributed by atoms with E-state index >= 15 is 0 Å². The van der Waals surface area contributed by atoms with Crippen molar-refractivity contribution in [1.82, 2.24) is 10.4 Å². The van der Waals surface area contributed by atoms with Crippen molar-refractivity contribution in [3.05, 3.63) is 59.9 Å². The number of rotatable bonds is 3. The van der Waals surface area contributed by atoms with E-state index in [2.05, 4.69) is 15.5 Å². The van der Waals surface area contributed by atoms with Gasteiger partial charge in [0.05, 0.1) is 5.71 Å². The fourth-order valence-corrected chi connectivity index (χ4v) is 1.53. The molecule has 0 fully saturated rings. The van der Waals surface area contributed by atoms with Gasteiger partial charge in [0.25, 0.3) is 5.91 Å². The molecule has 96 valence electrons. The van der Waals surface area contributed by atoms with Gasteiger partial charge in [0.15, 0.2) is 0 Å². The van der Waals surface area contributed by atoms with E-state index in [-0.39, 0.29) is 11.4 Å². The molecule has 1 aromatic heterocycles. The molecule has 1 amide bonds. The van der Waals surface area contributed by atoms with Crippen LogP contribution in [0.25, 0.3) is 0 Å². The van der Waals surface area contributed by atoms with Crippen LogP contribution in [0, 0.1) is 0 Å². The van der Waals surface area contributed by atoms with Gasteiger partial charge in [-0.05, 0) is 31.2 Å². The maximum atomic E-state index is 11.7. The van der Waals surface area contributed by atoms with Gasteiger partial charge >= 0.3 is 0 Å². The number of carbonyl (C=O) groups excluding carboxylic acids is 1. The summed E-state index contributed by atoms with van der Waals surface area (Å²) in [4.78, 5) is 15.6. The van der Waals surface area contributed by atoms with Gasteiger partial charge in [-0.3, -0.25) is 9.78 Å². The summed E-state index contributed by atoms with van der Waals surface area (Å²) in [5, 5.41) is 13.6. The first-order valence-corrected chi connectivity index (χ1v) is 5.72. The van der Waals surface area contributed by atoms with Gasteiger partial charge in [0.1, 0.15) is 11.4 Å². The molecule has 2 N–H and O–H groups in total. The van der Waals surface area contributed by atoms with Gasteiger partial charge in [-0.2, -0.15) is 5.10 Å². The highest BCUT2D eigenvalue weighted by Crippen LogP contribution is 2.16. The molecule has 5 heteroatoms. The molecular formula is C14H13N3O2. The van der Waals surface area contributed by atoms with E-state index in [4.69, 9.17) is 0 Å². The second-order valence-electron chi connectivity index (χ2n) is 3.87. The summed E-state index contributed by atoms with van der Waals surface area (Å²) in [6, 6.07) is 11.8. The standard InChI is InChI=1S/C14H13N3O2/c1-10(11-6-2-3-8-13(11)18)16-17-14(19)12-7-4-5-9-15-12/h2-9,18H,1H3,(H,17,19)/b16-10+. The maximum Gasteiger partial charge on any atom is 0.289 e. The van der Waals surface area contributed by atoms with Crippen molar-refractivity contribution in [3.63, 3.8) is 0 Å². The van der Waals surface area contributed by atoms with Crippen LogP contribution < -0.4 is 5.43 Å². The molecule has 0 aliphatic rings. The fourth-order valence-electron chi connectivity index (χ4n) is 1.53. The molecule has 0 saturated heterocycles. The van der Waals surface area contributed by atoms with Crippen molar-refractivity contribution in [1.29, 1.82) is 0 Å². The van der Waals surface area contributed by atoms with Crippen LogP contribution in [-0.4, -0.2) is 21.7 Å². The third-order valence-corrected chi connectivity index (χ3v) is 2.52. The van der Waals surface area contributed by atoms with Crippen LogP contribution in [0.3, 0.4) is 0 Å². The third kappa shape index (κ3) is 3.16. The average molecular weight is 255 g/mol. The van der Waals surface area contributed by atoms with Crippen molar-refractivity contribution in [2.24, 2.45) is 5.10 Å². The number of amides is 1. The maximum absolute atomic E-state index is 11.7. The molecule has 0 saturated carbocycles. The van der Waals surface area contributed by atoms with E-state index in [1.165, 1.54) is 6.20 Å². The molecule has 2 rings (SSSR count). The Labute approximate surface area is 110 Å². The van der Waals surface area contributed by atoms with E-state index < -0.39 is 5.91 Å². The number of phenolic OH excluding ortho intramolecular Hbond substituents is 1. The Morgan fingerprint density at radius 1 is 1.21 bits per heavy atom. The zero-order valence-corrected chi connectivity index (χ0v) is 10.4. The number of hydrogen-bond donors (Lipinski definition) is 2. The molecule has 1 heterocycles. The van der Waals surface area contributed by atoms with Crippen LogP contribution in [0.4, 0.5) is 0 Å². The molecule has 5 nitrogen and oxygen atoms in total. The molecule has 0 unspecified atom stereocenters. The lowest BCUT2D eigenvalue weighted by Gasteiger charge is -2.04. The molecule has 0 aliphatic carbocycles. The largest absolute Gasteiger partial charge is 0.507 e. The number of aromatic hydroxyl groups is 1. The minimum atomic E-state index is -0.393. The fraction of sp³-hybridized carbons (Fsp3) is 0.0714. The molecule has 0 bridgehead atoms. The van der Waals surface area contributed by atoms with Crippen LogP contribution in [0.15, 0.2) is 53.8 Å². The smallest absolute Gasteiger partial charge is 0.289 e. The minimum Gasteiger partial charge on any atom is -0.507 e. The van der Waals surface area contributed by atoms with Gasteiger partial charge in [-0.15, -0.1) is 0 Å². The average Bonchev–Trinajstić information content (AvgIpc) is 2.46. The predicted molar refractivity (Wildman–Crippen MR) is 72.0 cm³/mol. The molecule has 0 aliphatic heterocycles. The summed E-state index contributed by atoms with van der Waals surface area (Å²) in [5.41, 5.74) is 3.78. The quantitative estimate of drug-likeness (QED) is 0.650. The molecule has 0 spiro atoms. The second-order valence-corrected chi connectivity index (χ2v) is 3.87. The van der Waals surface area contributed by atoms with E-state index in [1.807, 2.05) is 0 Å². The first-order chi connectivity index (χ1) is 9.18. The number of nitrogens with zero attached hydrogens (tertiary/aromatic N) is 2. The van der Waals surface area contributed by atoms with Crippen LogP contribution in [0.2, 0.25) is 0 Å². The van der Waals surface area contributed by atoms with Crippen molar-refractivity contribution in [2.75, 3.05) is 0 Å². The normalized spacial score (nSPS) is 11.1. The zero-order chi connectivity index (χ0) is 13.7. The second kappa shape index (κ2) is 5.77. The van der Waals surface area contributed by atoms with Crippen LogP contribution in [-0.2, 0) is 0 Å². The number of aromatic nitrogens is 1. The minimum absolute atomic E-state index is 0.121. The Bertz CT molecular complexity index is 609.